The normalized spacial score (nSPS) is 10.4. The second-order valence-corrected chi connectivity index (χ2v) is 5.04. The summed E-state index contributed by atoms with van der Waals surface area (Å²) < 4.78 is 5.02. The molecule has 0 saturated heterocycles. The van der Waals surface area contributed by atoms with Gasteiger partial charge in [0.05, 0.1) is 0 Å². The maximum Gasteiger partial charge on any atom is 0.294 e. The summed E-state index contributed by atoms with van der Waals surface area (Å²) in [6, 6.07) is 8.73. The molecule has 4 nitrogen and oxygen atoms in total. The van der Waals surface area contributed by atoms with E-state index in [-0.39, 0.29) is 0 Å². The minimum atomic E-state index is -0.426. The van der Waals surface area contributed by atoms with Crippen LogP contribution < -0.4 is 0 Å². The summed E-state index contributed by atoms with van der Waals surface area (Å²) in [6.45, 7) is 3.91. The van der Waals surface area contributed by atoms with Crippen LogP contribution in [-0.2, 0) is 9.53 Å². The highest BCUT2D eigenvalue weighted by molar-refractivity contribution is 6.42. The van der Waals surface area contributed by atoms with Crippen LogP contribution in [0.1, 0.15) is 43.0 Å². The molecule has 0 spiro atoms. The van der Waals surface area contributed by atoms with Crippen LogP contribution >= 0.6 is 0 Å². The first-order valence-corrected chi connectivity index (χ1v) is 7.58. The van der Waals surface area contributed by atoms with E-state index in [9.17, 15) is 9.59 Å². The molecular weight excluding hydrogens is 266 g/mol. The van der Waals surface area contributed by atoms with E-state index in [2.05, 4.69) is 6.92 Å². The van der Waals surface area contributed by atoms with E-state index in [4.69, 9.17) is 4.74 Å². The van der Waals surface area contributed by atoms with Crippen molar-refractivity contribution in [3.8, 4) is 0 Å². The molecule has 4 heteroatoms. The molecular formula is C17H25NO3. The Bertz CT molecular complexity index is 421. The van der Waals surface area contributed by atoms with Crippen molar-refractivity contribution >= 4 is 11.7 Å². The van der Waals surface area contributed by atoms with Gasteiger partial charge in [0.2, 0.25) is 5.78 Å². The molecule has 0 saturated carbocycles. The van der Waals surface area contributed by atoms with Crippen LogP contribution in [0.2, 0.25) is 0 Å². The standard InChI is InChI=1S/C17H25NO3/c1-3-4-8-12-18(13-9-14-21-2)17(20)16(19)15-10-6-5-7-11-15/h5-7,10-11H,3-4,8-9,12-14H2,1-2H3. The molecule has 0 aromatic heterocycles. The van der Waals surface area contributed by atoms with Crippen molar-refractivity contribution in [3.05, 3.63) is 35.9 Å². The second kappa shape index (κ2) is 10.1. The quantitative estimate of drug-likeness (QED) is 0.378. The van der Waals surface area contributed by atoms with Crippen LogP contribution in [0.3, 0.4) is 0 Å². The van der Waals surface area contributed by atoms with Gasteiger partial charge in [-0.05, 0) is 12.8 Å². The van der Waals surface area contributed by atoms with Crippen molar-refractivity contribution in [1.82, 2.24) is 4.90 Å². The Kier molecular flexibility index (Phi) is 8.36. The minimum Gasteiger partial charge on any atom is -0.385 e. The lowest BCUT2D eigenvalue weighted by Gasteiger charge is -2.21. The van der Waals surface area contributed by atoms with Gasteiger partial charge in [0, 0.05) is 32.4 Å². The highest BCUT2D eigenvalue weighted by Gasteiger charge is 2.22. The highest BCUT2D eigenvalue weighted by Crippen LogP contribution is 2.06. The number of ketones is 1. The minimum absolute atomic E-state index is 0.409. The summed E-state index contributed by atoms with van der Waals surface area (Å²) in [4.78, 5) is 26.3. The maximum absolute atomic E-state index is 12.4. The van der Waals surface area contributed by atoms with Crippen LogP contribution in [0.4, 0.5) is 0 Å². The van der Waals surface area contributed by atoms with Gasteiger partial charge in [0.25, 0.3) is 5.91 Å². The number of hydrogen-bond acceptors (Lipinski definition) is 3. The molecule has 0 bridgehead atoms. The van der Waals surface area contributed by atoms with Gasteiger partial charge in [-0.2, -0.15) is 0 Å². The van der Waals surface area contributed by atoms with E-state index in [0.717, 1.165) is 25.7 Å². The van der Waals surface area contributed by atoms with Crippen LogP contribution in [-0.4, -0.2) is 43.4 Å². The molecule has 1 rings (SSSR count). The van der Waals surface area contributed by atoms with Crippen molar-refractivity contribution in [2.45, 2.75) is 32.6 Å². The number of ether oxygens (including phenoxy) is 1. The molecule has 0 atom stereocenters. The molecule has 0 aliphatic carbocycles. The summed E-state index contributed by atoms with van der Waals surface area (Å²) >= 11 is 0. The van der Waals surface area contributed by atoms with E-state index in [1.807, 2.05) is 6.07 Å². The van der Waals surface area contributed by atoms with E-state index in [1.165, 1.54) is 0 Å². The number of unbranched alkanes of at least 4 members (excludes halogenated alkanes) is 2. The van der Waals surface area contributed by atoms with Crippen LogP contribution in [0.5, 0.6) is 0 Å². The van der Waals surface area contributed by atoms with Crippen molar-refractivity contribution < 1.29 is 14.3 Å². The molecule has 1 aromatic carbocycles. The smallest absolute Gasteiger partial charge is 0.294 e. The third kappa shape index (κ3) is 6.08. The van der Waals surface area contributed by atoms with Crippen molar-refractivity contribution in [3.63, 3.8) is 0 Å². The predicted octanol–water partition coefficient (Wildman–Crippen LogP) is 2.92. The number of carbonyl (C=O) groups is 2. The number of carbonyl (C=O) groups excluding carboxylic acids is 2. The number of rotatable bonds is 10. The third-order valence-corrected chi connectivity index (χ3v) is 3.33. The fourth-order valence-electron chi connectivity index (χ4n) is 2.12. The Balaban J connectivity index is 2.66. The zero-order valence-corrected chi connectivity index (χ0v) is 13.0. The molecule has 0 heterocycles. The van der Waals surface area contributed by atoms with Crippen LogP contribution in [0, 0.1) is 0 Å². The zero-order chi connectivity index (χ0) is 15.5. The maximum atomic E-state index is 12.4. The molecule has 0 radical (unpaired) electrons. The first-order chi connectivity index (χ1) is 10.2. The Morgan fingerprint density at radius 3 is 2.33 bits per heavy atom. The molecule has 0 fully saturated rings. The lowest BCUT2D eigenvalue weighted by Crippen LogP contribution is -2.38. The number of nitrogens with zero attached hydrogens (tertiary/aromatic N) is 1. The number of hydrogen-bond donors (Lipinski definition) is 0. The van der Waals surface area contributed by atoms with Gasteiger partial charge in [-0.25, -0.2) is 0 Å². The topological polar surface area (TPSA) is 46.6 Å². The van der Waals surface area contributed by atoms with E-state index in [0.29, 0.717) is 25.3 Å². The van der Waals surface area contributed by atoms with Gasteiger partial charge in [-0.15, -0.1) is 0 Å². The Hall–Kier alpha value is -1.68. The molecule has 1 amide bonds. The van der Waals surface area contributed by atoms with Gasteiger partial charge >= 0.3 is 0 Å². The number of amides is 1. The van der Waals surface area contributed by atoms with Gasteiger partial charge in [-0.1, -0.05) is 50.1 Å². The molecule has 21 heavy (non-hydrogen) atoms. The van der Waals surface area contributed by atoms with Crippen molar-refractivity contribution in [2.75, 3.05) is 26.8 Å². The first kappa shape index (κ1) is 17.4. The molecule has 0 aliphatic rings. The van der Waals surface area contributed by atoms with Gasteiger partial charge in [0.1, 0.15) is 0 Å². The number of benzene rings is 1. The lowest BCUT2D eigenvalue weighted by atomic mass is 10.1. The first-order valence-electron chi connectivity index (χ1n) is 7.58. The zero-order valence-electron chi connectivity index (χ0n) is 13.0. The second-order valence-electron chi connectivity index (χ2n) is 5.04. The SMILES string of the molecule is CCCCCN(CCCOC)C(=O)C(=O)c1ccccc1. The average Bonchev–Trinajstić information content (AvgIpc) is 2.53. The summed E-state index contributed by atoms with van der Waals surface area (Å²) in [6.07, 6.45) is 3.83. The summed E-state index contributed by atoms with van der Waals surface area (Å²) in [5.74, 6) is -0.835. The monoisotopic (exact) mass is 291 g/mol. The van der Waals surface area contributed by atoms with Gasteiger partial charge < -0.3 is 9.64 Å². The predicted molar refractivity (Wildman–Crippen MR) is 83.4 cm³/mol. The molecule has 0 aliphatic heterocycles. The number of methoxy groups -OCH3 is 1. The lowest BCUT2D eigenvalue weighted by molar-refractivity contribution is -0.126. The van der Waals surface area contributed by atoms with E-state index in [1.54, 1.807) is 36.3 Å². The summed E-state index contributed by atoms with van der Waals surface area (Å²) in [5, 5.41) is 0. The van der Waals surface area contributed by atoms with Gasteiger partial charge in [-0.3, -0.25) is 9.59 Å². The largest absolute Gasteiger partial charge is 0.385 e. The fraction of sp³-hybridized carbons (Fsp3) is 0.529. The van der Waals surface area contributed by atoms with E-state index < -0.39 is 11.7 Å². The van der Waals surface area contributed by atoms with Crippen molar-refractivity contribution in [1.29, 1.82) is 0 Å². The Morgan fingerprint density at radius 1 is 1.05 bits per heavy atom. The average molecular weight is 291 g/mol. The highest BCUT2D eigenvalue weighted by atomic mass is 16.5. The van der Waals surface area contributed by atoms with Gasteiger partial charge in [0.15, 0.2) is 0 Å². The van der Waals surface area contributed by atoms with Crippen molar-refractivity contribution in [2.24, 2.45) is 0 Å². The molecule has 116 valence electrons. The number of Topliss-reactive ketones (excluding diaryl/α,β-unsaturated/α-hetero) is 1. The van der Waals surface area contributed by atoms with E-state index >= 15 is 0 Å². The fourth-order valence-corrected chi connectivity index (χ4v) is 2.12. The molecule has 0 unspecified atom stereocenters. The van der Waals surface area contributed by atoms with Crippen LogP contribution in [0.25, 0.3) is 0 Å². The summed E-state index contributed by atoms with van der Waals surface area (Å²) in [5.41, 5.74) is 0.453. The Labute approximate surface area is 127 Å². The summed E-state index contributed by atoms with van der Waals surface area (Å²) in [7, 11) is 1.64. The third-order valence-electron chi connectivity index (χ3n) is 3.33. The molecule has 1 aromatic rings. The Morgan fingerprint density at radius 2 is 1.71 bits per heavy atom. The molecule has 0 N–H and O–H groups in total. The van der Waals surface area contributed by atoms with Crippen LogP contribution in [0.15, 0.2) is 30.3 Å².